The highest BCUT2D eigenvalue weighted by Crippen LogP contribution is 2.36. The zero-order chi connectivity index (χ0) is 22.2. The van der Waals surface area contributed by atoms with Crippen molar-refractivity contribution in [3.05, 3.63) is 69.5 Å². The number of carbonyl (C=O) groups is 2. The molecule has 1 N–H and O–H groups in total. The highest BCUT2D eigenvalue weighted by Gasteiger charge is 2.34. The fourth-order valence-electron chi connectivity index (χ4n) is 3.74. The molecule has 2 aliphatic rings. The molecule has 32 heavy (non-hydrogen) atoms. The fraction of sp³-hybridized carbons (Fsp3) is 0.217. The van der Waals surface area contributed by atoms with Gasteiger partial charge >= 0.3 is 0 Å². The normalized spacial score (nSPS) is 14.2. The van der Waals surface area contributed by atoms with Crippen molar-refractivity contribution < 1.29 is 19.1 Å². The van der Waals surface area contributed by atoms with Crippen LogP contribution in [0, 0.1) is 6.92 Å². The minimum atomic E-state index is -0.262. The predicted molar refractivity (Wildman–Crippen MR) is 118 cm³/mol. The number of carbonyl (C=O) groups excluding carboxylic acids is 2. The molecule has 0 bridgehead atoms. The summed E-state index contributed by atoms with van der Waals surface area (Å²) in [5.74, 6) is 1.35. The van der Waals surface area contributed by atoms with Crippen molar-refractivity contribution in [3.63, 3.8) is 0 Å². The molecular formula is C23H19N3O5S. The van der Waals surface area contributed by atoms with Gasteiger partial charge in [0.15, 0.2) is 16.7 Å². The van der Waals surface area contributed by atoms with E-state index in [9.17, 15) is 14.4 Å². The number of imide groups is 1. The summed E-state index contributed by atoms with van der Waals surface area (Å²) in [6, 6.07) is 12.3. The molecule has 2 aliphatic heterocycles. The second-order valence-corrected chi connectivity index (χ2v) is 8.51. The van der Waals surface area contributed by atoms with Gasteiger partial charge in [-0.15, -0.1) is 0 Å². The van der Waals surface area contributed by atoms with E-state index in [1.54, 1.807) is 37.3 Å². The van der Waals surface area contributed by atoms with Gasteiger partial charge < -0.3 is 14.5 Å². The summed E-state index contributed by atoms with van der Waals surface area (Å²) in [6.07, 6.45) is 0.576. The monoisotopic (exact) mass is 449 g/mol. The minimum Gasteiger partial charge on any atom is -0.454 e. The molecule has 0 unspecified atom stereocenters. The van der Waals surface area contributed by atoms with Crippen molar-refractivity contribution in [1.29, 1.82) is 0 Å². The van der Waals surface area contributed by atoms with Gasteiger partial charge in [-0.3, -0.25) is 19.3 Å². The summed E-state index contributed by atoms with van der Waals surface area (Å²) >= 11 is 1.38. The van der Waals surface area contributed by atoms with E-state index in [2.05, 4.69) is 9.97 Å². The molecule has 2 amide bonds. The van der Waals surface area contributed by atoms with E-state index >= 15 is 0 Å². The summed E-state index contributed by atoms with van der Waals surface area (Å²) in [5.41, 5.74) is 2.54. The standard InChI is InChI=1S/C23H19N3O5S/c1-13-19(14-7-8-17-18(11-14)31-12-30-17)24-23(25-20(13)27)32-10-4-9-26-21(28)15-5-2-3-6-16(15)22(26)29/h2-3,5-8,11H,4,9-10,12H2,1H3,(H,24,25,27). The molecule has 0 atom stereocenters. The Morgan fingerprint density at radius 2 is 1.75 bits per heavy atom. The lowest BCUT2D eigenvalue weighted by molar-refractivity contribution is 0.0655. The summed E-state index contributed by atoms with van der Waals surface area (Å²) in [7, 11) is 0. The molecule has 2 aromatic carbocycles. The summed E-state index contributed by atoms with van der Waals surface area (Å²) < 4.78 is 10.8. The number of ether oxygens (including phenoxy) is 2. The Morgan fingerprint density at radius 3 is 2.50 bits per heavy atom. The lowest BCUT2D eigenvalue weighted by Gasteiger charge is -2.13. The number of nitrogens with one attached hydrogen (secondary N) is 1. The summed E-state index contributed by atoms with van der Waals surface area (Å²) in [5, 5.41) is 0.482. The molecule has 3 heterocycles. The molecule has 9 heteroatoms. The third kappa shape index (κ3) is 3.54. The van der Waals surface area contributed by atoms with Gasteiger partial charge in [-0.1, -0.05) is 23.9 Å². The number of aromatic nitrogens is 2. The maximum Gasteiger partial charge on any atom is 0.261 e. The largest absolute Gasteiger partial charge is 0.454 e. The number of nitrogens with zero attached hydrogens (tertiary/aromatic N) is 2. The van der Waals surface area contributed by atoms with Crippen LogP contribution >= 0.6 is 11.8 Å². The van der Waals surface area contributed by atoms with Crippen LogP contribution in [0.15, 0.2) is 52.4 Å². The van der Waals surface area contributed by atoms with Gasteiger partial charge in [-0.25, -0.2) is 4.98 Å². The third-order valence-corrected chi connectivity index (χ3v) is 6.38. The number of fused-ring (bicyclic) bond motifs is 2. The third-order valence-electron chi connectivity index (χ3n) is 5.42. The first-order valence-electron chi connectivity index (χ1n) is 10.1. The lowest BCUT2D eigenvalue weighted by Crippen LogP contribution is -2.31. The number of hydrogen-bond donors (Lipinski definition) is 1. The van der Waals surface area contributed by atoms with Crippen molar-refractivity contribution in [2.24, 2.45) is 0 Å². The first-order chi connectivity index (χ1) is 15.5. The zero-order valence-electron chi connectivity index (χ0n) is 17.2. The molecule has 0 aliphatic carbocycles. The molecule has 0 saturated carbocycles. The van der Waals surface area contributed by atoms with Gasteiger partial charge in [0.2, 0.25) is 6.79 Å². The first-order valence-corrected chi connectivity index (χ1v) is 11.1. The SMILES string of the molecule is Cc1c(-c2ccc3c(c2)OCO3)nc(SCCCN2C(=O)c3ccccc3C2=O)[nH]c1=O. The van der Waals surface area contributed by atoms with E-state index in [0.29, 0.717) is 57.8 Å². The molecule has 0 spiro atoms. The number of amides is 2. The molecule has 8 nitrogen and oxygen atoms in total. The second-order valence-electron chi connectivity index (χ2n) is 7.42. The number of H-pyrrole nitrogens is 1. The van der Waals surface area contributed by atoms with Gasteiger partial charge in [-0.2, -0.15) is 0 Å². The van der Waals surface area contributed by atoms with E-state index in [4.69, 9.17) is 9.47 Å². The highest BCUT2D eigenvalue weighted by atomic mass is 32.2. The van der Waals surface area contributed by atoms with Gasteiger partial charge in [0.05, 0.1) is 16.8 Å². The van der Waals surface area contributed by atoms with Crippen LogP contribution in [0.25, 0.3) is 11.3 Å². The van der Waals surface area contributed by atoms with Crippen LogP contribution in [0.4, 0.5) is 0 Å². The molecule has 0 radical (unpaired) electrons. The summed E-state index contributed by atoms with van der Waals surface area (Å²) in [6.45, 7) is 2.21. The van der Waals surface area contributed by atoms with Crippen molar-refractivity contribution in [2.75, 3.05) is 19.1 Å². The smallest absolute Gasteiger partial charge is 0.261 e. The predicted octanol–water partition coefficient (Wildman–Crippen LogP) is 3.25. The Balaban J connectivity index is 1.26. The van der Waals surface area contributed by atoms with E-state index in [1.807, 2.05) is 12.1 Å². The van der Waals surface area contributed by atoms with Gasteiger partial charge in [0, 0.05) is 23.4 Å². The van der Waals surface area contributed by atoms with Crippen molar-refractivity contribution in [2.45, 2.75) is 18.5 Å². The van der Waals surface area contributed by atoms with Gasteiger partial charge in [-0.05, 0) is 43.7 Å². The average molecular weight is 449 g/mol. The number of benzene rings is 2. The van der Waals surface area contributed by atoms with Crippen LogP contribution in [-0.2, 0) is 0 Å². The number of aromatic amines is 1. The maximum atomic E-state index is 12.5. The highest BCUT2D eigenvalue weighted by molar-refractivity contribution is 7.99. The minimum absolute atomic E-state index is 0.175. The Labute approximate surface area is 187 Å². The number of rotatable bonds is 6. The van der Waals surface area contributed by atoms with Crippen molar-refractivity contribution in [3.8, 4) is 22.8 Å². The first kappa shape index (κ1) is 20.3. The Bertz CT molecular complexity index is 1270. The van der Waals surface area contributed by atoms with E-state index < -0.39 is 0 Å². The van der Waals surface area contributed by atoms with Crippen molar-refractivity contribution >= 4 is 23.6 Å². The summed E-state index contributed by atoms with van der Waals surface area (Å²) in [4.78, 5) is 46.1. The molecule has 0 saturated heterocycles. The lowest BCUT2D eigenvalue weighted by atomic mass is 10.1. The second kappa shape index (κ2) is 8.16. The van der Waals surface area contributed by atoms with Crippen LogP contribution in [-0.4, -0.2) is 45.8 Å². The molecular weight excluding hydrogens is 430 g/mol. The molecule has 3 aromatic rings. The van der Waals surface area contributed by atoms with Crippen LogP contribution in [0.3, 0.4) is 0 Å². The zero-order valence-corrected chi connectivity index (χ0v) is 18.0. The topological polar surface area (TPSA) is 102 Å². The van der Waals surface area contributed by atoms with E-state index in [1.165, 1.54) is 16.7 Å². The number of thioether (sulfide) groups is 1. The fourth-order valence-corrected chi connectivity index (χ4v) is 4.53. The van der Waals surface area contributed by atoms with Crippen LogP contribution < -0.4 is 15.0 Å². The van der Waals surface area contributed by atoms with E-state index in [-0.39, 0.29) is 24.2 Å². The number of hydrogen-bond acceptors (Lipinski definition) is 7. The van der Waals surface area contributed by atoms with E-state index in [0.717, 1.165) is 5.56 Å². The molecule has 162 valence electrons. The Kier molecular flexibility index (Phi) is 5.18. The van der Waals surface area contributed by atoms with Crippen molar-refractivity contribution in [1.82, 2.24) is 14.9 Å². The van der Waals surface area contributed by atoms with Gasteiger partial charge in [0.1, 0.15) is 0 Å². The molecule has 1 aromatic heterocycles. The van der Waals surface area contributed by atoms with Crippen LogP contribution in [0.2, 0.25) is 0 Å². The Hall–Kier alpha value is -3.59. The van der Waals surface area contributed by atoms with Crippen LogP contribution in [0.5, 0.6) is 11.5 Å². The maximum absolute atomic E-state index is 12.5. The van der Waals surface area contributed by atoms with Crippen LogP contribution in [0.1, 0.15) is 32.7 Å². The molecule has 5 rings (SSSR count). The van der Waals surface area contributed by atoms with Gasteiger partial charge in [0.25, 0.3) is 17.4 Å². The molecule has 0 fully saturated rings. The Morgan fingerprint density at radius 1 is 1.03 bits per heavy atom. The quantitative estimate of drug-likeness (QED) is 0.267. The average Bonchev–Trinajstić information content (AvgIpc) is 3.36.